The number of rotatable bonds is 5. The normalized spacial score (nSPS) is 10.8. The fourth-order valence-corrected chi connectivity index (χ4v) is 1.74. The first-order chi connectivity index (χ1) is 8.45. The van der Waals surface area contributed by atoms with Crippen LogP contribution >= 0.6 is 0 Å². The monoisotopic (exact) mass is 249 g/mol. The van der Waals surface area contributed by atoms with Crippen LogP contribution in [-0.4, -0.2) is 35.4 Å². The van der Waals surface area contributed by atoms with Gasteiger partial charge >= 0.3 is 0 Å². The van der Waals surface area contributed by atoms with Gasteiger partial charge in [0.25, 0.3) is 5.91 Å². The molecule has 0 spiro atoms. The third kappa shape index (κ3) is 3.72. The van der Waals surface area contributed by atoms with Crippen LogP contribution in [0.15, 0.2) is 18.3 Å². The lowest BCUT2D eigenvalue weighted by atomic mass is 10.1. The second-order valence-corrected chi connectivity index (χ2v) is 5.13. The van der Waals surface area contributed by atoms with Gasteiger partial charge < -0.3 is 10.2 Å². The molecule has 0 unspecified atom stereocenters. The van der Waals surface area contributed by atoms with Gasteiger partial charge in [-0.25, -0.2) is 4.98 Å². The Morgan fingerprint density at radius 1 is 1.33 bits per heavy atom. The van der Waals surface area contributed by atoms with E-state index in [0.717, 1.165) is 12.2 Å². The van der Waals surface area contributed by atoms with E-state index in [0.29, 0.717) is 11.6 Å². The van der Waals surface area contributed by atoms with Gasteiger partial charge in [-0.3, -0.25) is 4.79 Å². The van der Waals surface area contributed by atoms with Gasteiger partial charge in [-0.15, -0.1) is 0 Å². The van der Waals surface area contributed by atoms with E-state index in [-0.39, 0.29) is 11.9 Å². The second kappa shape index (κ2) is 6.38. The van der Waals surface area contributed by atoms with Crippen LogP contribution in [0.3, 0.4) is 0 Å². The summed E-state index contributed by atoms with van der Waals surface area (Å²) in [6, 6.07) is 3.82. The van der Waals surface area contributed by atoms with E-state index < -0.39 is 0 Å². The van der Waals surface area contributed by atoms with Crippen molar-refractivity contribution < 1.29 is 4.79 Å². The smallest absolute Gasteiger partial charge is 0.272 e. The molecule has 1 aromatic rings. The molecular formula is C14H23N3O. The molecule has 0 aliphatic carbocycles. The summed E-state index contributed by atoms with van der Waals surface area (Å²) in [7, 11) is 1.83. The average molecular weight is 249 g/mol. The van der Waals surface area contributed by atoms with E-state index in [2.05, 4.69) is 24.1 Å². The van der Waals surface area contributed by atoms with Gasteiger partial charge in [-0.2, -0.15) is 0 Å². The predicted molar refractivity (Wildman–Crippen MR) is 74.8 cm³/mol. The zero-order chi connectivity index (χ0) is 13.7. The molecular weight excluding hydrogens is 226 g/mol. The summed E-state index contributed by atoms with van der Waals surface area (Å²) < 4.78 is 0. The van der Waals surface area contributed by atoms with Crippen molar-refractivity contribution in [3.63, 3.8) is 0 Å². The minimum atomic E-state index is 0.00125. The molecule has 0 aliphatic heterocycles. The number of carbonyl (C=O) groups is 1. The van der Waals surface area contributed by atoms with Crippen molar-refractivity contribution in [2.75, 3.05) is 18.9 Å². The Bertz CT molecular complexity index is 385. The number of hydrogen-bond donors (Lipinski definition) is 1. The van der Waals surface area contributed by atoms with Crippen LogP contribution in [0.4, 0.5) is 5.69 Å². The number of amides is 1. The highest BCUT2D eigenvalue weighted by molar-refractivity contribution is 5.92. The van der Waals surface area contributed by atoms with Gasteiger partial charge in [0.1, 0.15) is 5.69 Å². The van der Waals surface area contributed by atoms with Crippen molar-refractivity contribution in [2.24, 2.45) is 5.92 Å². The summed E-state index contributed by atoms with van der Waals surface area (Å²) >= 11 is 0. The number of nitrogens with zero attached hydrogens (tertiary/aromatic N) is 2. The fourth-order valence-electron chi connectivity index (χ4n) is 1.74. The molecule has 0 fully saturated rings. The van der Waals surface area contributed by atoms with Crippen LogP contribution in [0, 0.1) is 5.92 Å². The summed E-state index contributed by atoms with van der Waals surface area (Å²) in [4.78, 5) is 18.4. The lowest BCUT2D eigenvalue weighted by molar-refractivity contribution is 0.0676. The average Bonchev–Trinajstić information content (AvgIpc) is 2.34. The number of pyridine rings is 1. The maximum Gasteiger partial charge on any atom is 0.272 e. The van der Waals surface area contributed by atoms with Gasteiger partial charge in [0.05, 0.1) is 11.9 Å². The highest BCUT2D eigenvalue weighted by Crippen LogP contribution is 2.11. The number of anilines is 1. The molecule has 0 saturated carbocycles. The molecule has 0 bridgehead atoms. The maximum absolute atomic E-state index is 12.4. The van der Waals surface area contributed by atoms with Crippen molar-refractivity contribution in [1.29, 1.82) is 0 Å². The van der Waals surface area contributed by atoms with E-state index >= 15 is 0 Å². The van der Waals surface area contributed by atoms with Crippen molar-refractivity contribution in [3.05, 3.63) is 24.0 Å². The van der Waals surface area contributed by atoms with Crippen LogP contribution in [0.2, 0.25) is 0 Å². The fraction of sp³-hybridized carbons (Fsp3) is 0.571. The van der Waals surface area contributed by atoms with Crippen molar-refractivity contribution in [1.82, 2.24) is 9.88 Å². The first-order valence-corrected chi connectivity index (χ1v) is 6.40. The van der Waals surface area contributed by atoms with Crippen LogP contribution in [0.1, 0.15) is 38.2 Å². The van der Waals surface area contributed by atoms with Crippen molar-refractivity contribution in [2.45, 2.75) is 33.7 Å². The summed E-state index contributed by atoms with van der Waals surface area (Å²) in [6.07, 6.45) is 1.68. The third-order valence-corrected chi connectivity index (χ3v) is 2.72. The maximum atomic E-state index is 12.4. The minimum Gasteiger partial charge on any atom is -0.387 e. The Hall–Kier alpha value is -1.58. The molecule has 1 rings (SSSR count). The van der Waals surface area contributed by atoms with E-state index in [4.69, 9.17) is 0 Å². The minimum absolute atomic E-state index is 0.00125. The number of hydrogen-bond acceptors (Lipinski definition) is 3. The summed E-state index contributed by atoms with van der Waals surface area (Å²) in [5.74, 6) is 0.453. The predicted octanol–water partition coefficient (Wildman–Crippen LogP) is 2.63. The van der Waals surface area contributed by atoms with E-state index in [1.165, 1.54) is 0 Å². The second-order valence-electron chi connectivity index (χ2n) is 5.13. The molecule has 0 aromatic carbocycles. The topological polar surface area (TPSA) is 45.2 Å². The van der Waals surface area contributed by atoms with E-state index in [1.807, 2.05) is 31.9 Å². The van der Waals surface area contributed by atoms with Crippen LogP contribution < -0.4 is 5.32 Å². The summed E-state index contributed by atoms with van der Waals surface area (Å²) in [6.45, 7) is 9.04. The molecule has 1 N–H and O–H groups in total. The van der Waals surface area contributed by atoms with E-state index in [9.17, 15) is 4.79 Å². The molecule has 0 radical (unpaired) electrons. The molecule has 18 heavy (non-hydrogen) atoms. The van der Waals surface area contributed by atoms with E-state index in [1.54, 1.807) is 12.3 Å². The van der Waals surface area contributed by atoms with Gasteiger partial charge in [0, 0.05) is 19.6 Å². The standard InChI is InChI=1S/C14H23N3O/c1-10(2)9-17(11(3)4)14(18)13-7-6-12(15-5)8-16-13/h6-8,10-11,15H,9H2,1-5H3. The lowest BCUT2D eigenvalue weighted by Crippen LogP contribution is -2.39. The van der Waals surface area contributed by atoms with Gasteiger partial charge in [0.2, 0.25) is 0 Å². The molecule has 100 valence electrons. The Balaban J connectivity index is 2.87. The van der Waals surface area contributed by atoms with Gasteiger partial charge in [-0.05, 0) is 31.9 Å². The SMILES string of the molecule is CNc1ccc(C(=O)N(CC(C)C)C(C)C)nc1. The third-order valence-electron chi connectivity index (χ3n) is 2.72. The van der Waals surface area contributed by atoms with Gasteiger partial charge in [-0.1, -0.05) is 13.8 Å². The van der Waals surface area contributed by atoms with Crippen molar-refractivity contribution in [3.8, 4) is 0 Å². The van der Waals surface area contributed by atoms with Gasteiger partial charge in [0.15, 0.2) is 0 Å². The molecule has 0 aliphatic rings. The molecule has 0 saturated heterocycles. The first-order valence-electron chi connectivity index (χ1n) is 6.40. The Labute approximate surface area is 109 Å². The molecule has 1 heterocycles. The summed E-state index contributed by atoms with van der Waals surface area (Å²) in [5.41, 5.74) is 1.41. The number of nitrogens with one attached hydrogen (secondary N) is 1. The zero-order valence-electron chi connectivity index (χ0n) is 11.9. The number of carbonyl (C=O) groups excluding carboxylic acids is 1. The molecule has 4 nitrogen and oxygen atoms in total. The highest BCUT2D eigenvalue weighted by atomic mass is 16.2. The van der Waals surface area contributed by atoms with Crippen LogP contribution in [0.5, 0.6) is 0 Å². The quantitative estimate of drug-likeness (QED) is 0.872. The van der Waals surface area contributed by atoms with Crippen molar-refractivity contribution >= 4 is 11.6 Å². The first kappa shape index (κ1) is 14.5. The largest absolute Gasteiger partial charge is 0.387 e. The molecule has 0 atom stereocenters. The zero-order valence-corrected chi connectivity index (χ0v) is 11.9. The van der Waals surface area contributed by atoms with Crippen LogP contribution in [0.25, 0.3) is 0 Å². The Morgan fingerprint density at radius 2 is 2.00 bits per heavy atom. The molecule has 1 amide bonds. The lowest BCUT2D eigenvalue weighted by Gasteiger charge is -2.28. The van der Waals surface area contributed by atoms with Crippen LogP contribution in [-0.2, 0) is 0 Å². The highest BCUT2D eigenvalue weighted by Gasteiger charge is 2.20. The number of aromatic nitrogens is 1. The Morgan fingerprint density at radius 3 is 2.39 bits per heavy atom. The molecule has 1 aromatic heterocycles. The summed E-state index contributed by atoms with van der Waals surface area (Å²) in [5, 5.41) is 2.99. The molecule has 4 heteroatoms. The Kier molecular flexibility index (Phi) is 5.13.